The number of amides is 1. The van der Waals surface area contributed by atoms with E-state index in [-0.39, 0.29) is 12.3 Å². The molecule has 1 amide bonds. The van der Waals surface area contributed by atoms with Gasteiger partial charge in [0.25, 0.3) is 0 Å². The Balaban J connectivity index is 1.67. The van der Waals surface area contributed by atoms with Crippen molar-refractivity contribution in [3.63, 3.8) is 0 Å². The molecule has 3 rings (SSSR count). The summed E-state index contributed by atoms with van der Waals surface area (Å²) < 4.78 is 19.3. The van der Waals surface area contributed by atoms with E-state index in [4.69, 9.17) is 4.74 Å². The quantitative estimate of drug-likeness (QED) is 0.928. The Kier molecular flexibility index (Phi) is 4.04. The van der Waals surface area contributed by atoms with Crippen molar-refractivity contribution >= 4 is 5.91 Å². The van der Waals surface area contributed by atoms with E-state index in [0.29, 0.717) is 37.4 Å². The van der Waals surface area contributed by atoms with E-state index in [2.05, 4.69) is 15.4 Å². The molecule has 22 heavy (non-hydrogen) atoms. The first-order valence-electron chi connectivity index (χ1n) is 7.25. The van der Waals surface area contributed by atoms with Crippen LogP contribution in [0, 0.1) is 5.82 Å². The summed E-state index contributed by atoms with van der Waals surface area (Å²) >= 11 is 0. The summed E-state index contributed by atoms with van der Waals surface area (Å²) in [6, 6.07) is 4.60. The lowest BCUT2D eigenvalue weighted by molar-refractivity contribution is -0.131. The van der Waals surface area contributed by atoms with Crippen LogP contribution in [-0.2, 0) is 24.2 Å². The maximum atomic E-state index is 14.0. The molecule has 0 fully saturated rings. The second-order valence-electron chi connectivity index (χ2n) is 5.15. The van der Waals surface area contributed by atoms with Gasteiger partial charge in [0, 0.05) is 19.0 Å². The van der Waals surface area contributed by atoms with Crippen LogP contribution in [0.15, 0.2) is 18.2 Å². The Hall–Kier alpha value is -2.44. The van der Waals surface area contributed by atoms with Crippen molar-refractivity contribution in [3.8, 4) is 5.75 Å². The highest BCUT2D eigenvalue weighted by Gasteiger charge is 2.24. The number of hydrogen-bond donors (Lipinski definition) is 1. The van der Waals surface area contributed by atoms with Gasteiger partial charge in [-0.05, 0) is 18.6 Å². The summed E-state index contributed by atoms with van der Waals surface area (Å²) in [5.41, 5.74) is 2.06. The molecular weight excluding hydrogens is 287 g/mol. The van der Waals surface area contributed by atoms with Gasteiger partial charge in [0.2, 0.25) is 5.91 Å². The van der Waals surface area contributed by atoms with E-state index in [1.54, 1.807) is 17.0 Å². The Morgan fingerprint density at radius 2 is 2.23 bits per heavy atom. The third-order valence-electron chi connectivity index (χ3n) is 3.69. The van der Waals surface area contributed by atoms with Gasteiger partial charge in [0.1, 0.15) is 17.3 Å². The van der Waals surface area contributed by atoms with Crippen molar-refractivity contribution in [2.24, 2.45) is 0 Å². The van der Waals surface area contributed by atoms with Crippen molar-refractivity contribution < 1.29 is 13.9 Å². The number of ether oxygens (including phenoxy) is 1. The van der Waals surface area contributed by atoms with Crippen LogP contribution in [-0.4, -0.2) is 39.4 Å². The highest BCUT2D eigenvalue weighted by Crippen LogP contribution is 2.19. The zero-order chi connectivity index (χ0) is 15.5. The maximum Gasteiger partial charge on any atom is 0.227 e. The van der Waals surface area contributed by atoms with Crippen molar-refractivity contribution in [1.82, 2.24) is 20.3 Å². The zero-order valence-electron chi connectivity index (χ0n) is 12.3. The molecule has 1 aliphatic rings. The van der Waals surface area contributed by atoms with E-state index in [1.807, 2.05) is 6.92 Å². The third kappa shape index (κ3) is 2.93. The first-order valence-corrected chi connectivity index (χ1v) is 7.25. The molecule has 0 unspecified atom stereocenters. The van der Waals surface area contributed by atoms with E-state index in [1.165, 1.54) is 6.07 Å². The normalized spacial score (nSPS) is 13.8. The molecule has 1 aliphatic heterocycles. The largest absolute Gasteiger partial charge is 0.494 e. The number of hydrogen-bond acceptors (Lipinski definition) is 4. The molecule has 0 saturated heterocycles. The predicted molar refractivity (Wildman–Crippen MR) is 76.8 cm³/mol. The molecule has 0 bridgehead atoms. The molecule has 0 aliphatic carbocycles. The molecule has 1 aromatic heterocycles. The molecule has 0 saturated carbocycles. The molecule has 2 heterocycles. The van der Waals surface area contributed by atoms with Gasteiger partial charge in [0.05, 0.1) is 25.3 Å². The molecule has 7 heteroatoms. The molecule has 2 aromatic rings. The van der Waals surface area contributed by atoms with Gasteiger partial charge in [0.15, 0.2) is 0 Å². The summed E-state index contributed by atoms with van der Waals surface area (Å²) in [7, 11) is 0. The van der Waals surface area contributed by atoms with E-state index in [9.17, 15) is 9.18 Å². The minimum atomic E-state index is -0.418. The predicted octanol–water partition coefficient (Wildman–Crippen LogP) is 1.47. The molecule has 1 N–H and O–H groups in total. The van der Waals surface area contributed by atoms with Gasteiger partial charge >= 0.3 is 0 Å². The summed E-state index contributed by atoms with van der Waals surface area (Å²) in [6.07, 6.45) is 0.703. The van der Waals surface area contributed by atoms with Crippen LogP contribution < -0.4 is 4.74 Å². The van der Waals surface area contributed by atoms with Crippen LogP contribution in [0.2, 0.25) is 0 Å². The van der Waals surface area contributed by atoms with Crippen molar-refractivity contribution in [1.29, 1.82) is 0 Å². The fourth-order valence-corrected chi connectivity index (χ4v) is 2.52. The number of fused-ring (bicyclic) bond motifs is 1. The lowest BCUT2D eigenvalue weighted by Gasteiger charge is -2.25. The van der Waals surface area contributed by atoms with E-state index < -0.39 is 5.82 Å². The minimum absolute atomic E-state index is 0.0332. The molecule has 0 radical (unpaired) electrons. The minimum Gasteiger partial charge on any atom is -0.494 e. The third-order valence-corrected chi connectivity index (χ3v) is 3.69. The first kappa shape index (κ1) is 14.5. The monoisotopic (exact) mass is 304 g/mol. The fraction of sp³-hybridized carbons (Fsp3) is 0.400. The summed E-state index contributed by atoms with van der Waals surface area (Å²) in [4.78, 5) is 14.0. The summed E-state index contributed by atoms with van der Waals surface area (Å²) in [5, 5.41) is 10.6. The second kappa shape index (κ2) is 6.13. The zero-order valence-corrected chi connectivity index (χ0v) is 12.3. The lowest BCUT2D eigenvalue weighted by Crippen LogP contribution is -2.37. The fourth-order valence-electron chi connectivity index (χ4n) is 2.52. The number of benzene rings is 1. The molecule has 6 nitrogen and oxygen atoms in total. The number of rotatable bonds is 4. The van der Waals surface area contributed by atoms with Gasteiger partial charge in [-0.25, -0.2) is 4.39 Å². The van der Waals surface area contributed by atoms with Crippen LogP contribution in [0.4, 0.5) is 4.39 Å². The molecule has 1 aromatic carbocycles. The van der Waals surface area contributed by atoms with Crippen molar-refractivity contribution in [2.75, 3.05) is 13.2 Å². The second-order valence-corrected chi connectivity index (χ2v) is 5.15. The Bertz CT molecular complexity index is 686. The average molecular weight is 304 g/mol. The molecule has 0 atom stereocenters. The number of halogens is 1. The summed E-state index contributed by atoms with van der Waals surface area (Å²) in [5.74, 6) is -0.0587. The number of carbonyl (C=O) groups excluding carboxylic acids is 1. The van der Waals surface area contributed by atoms with E-state index in [0.717, 1.165) is 11.4 Å². The number of aromatic nitrogens is 3. The average Bonchev–Trinajstić information content (AvgIpc) is 2.97. The number of aromatic amines is 1. The summed E-state index contributed by atoms with van der Waals surface area (Å²) in [6.45, 7) is 3.32. The van der Waals surface area contributed by atoms with Crippen LogP contribution in [0.25, 0.3) is 0 Å². The molecular formula is C15H17FN4O2. The van der Waals surface area contributed by atoms with Crippen LogP contribution >= 0.6 is 0 Å². The van der Waals surface area contributed by atoms with Crippen molar-refractivity contribution in [2.45, 2.75) is 26.3 Å². The Morgan fingerprint density at radius 3 is 3.00 bits per heavy atom. The van der Waals surface area contributed by atoms with Gasteiger partial charge in [-0.15, -0.1) is 0 Å². The highest BCUT2D eigenvalue weighted by atomic mass is 19.1. The SMILES string of the molecule is CCOc1ccc(CC(=O)N2CCc3n[nH]nc3C2)c(F)c1. The standard InChI is InChI=1S/C15H17FN4O2/c1-2-22-11-4-3-10(12(16)8-11)7-15(21)20-6-5-13-14(9-20)18-19-17-13/h3-4,8H,2,5-7,9H2,1H3,(H,17,18,19). The number of nitrogens with zero attached hydrogens (tertiary/aromatic N) is 3. The maximum absolute atomic E-state index is 14.0. The smallest absolute Gasteiger partial charge is 0.227 e. The highest BCUT2D eigenvalue weighted by molar-refractivity contribution is 5.79. The van der Waals surface area contributed by atoms with E-state index >= 15 is 0 Å². The molecule has 0 spiro atoms. The Labute approximate surface area is 127 Å². The van der Waals surface area contributed by atoms with Gasteiger partial charge in [-0.3, -0.25) is 4.79 Å². The van der Waals surface area contributed by atoms with Crippen LogP contribution in [0.3, 0.4) is 0 Å². The topological polar surface area (TPSA) is 71.1 Å². The molecule has 116 valence electrons. The number of H-pyrrole nitrogens is 1. The van der Waals surface area contributed by atoms with Crippen LogP contribution in [0.1, 0.15) is 23.9 Å². The first-order chi connectivity index (χ1) is 10.7. The van der Waals surface area contributed by atoms with Crippen molar-refractivity contribution in [3.05, 3.63) is 41.0 Å². The van der Waals surface area contributed by atoms with Gasteiger partial charge in [-0.1, -0.05) is 6.07 Å². The number of nitrogens with one attached hydrogen (secondary N) is 1. The Morgan fingerprint density at radius 1 is 1.41 bits per heavy atom. The lowest BCUT2D eigenvalue weighted by atomic mass is 10.1. The number of carbonyl (C=O) groups is 1. The van der Waals surface area contributed by atoms with Gasteiger partial charge in [-0.2, -0.15) is 15.4 Å². The van der Waals surface area contributed by atoms with Gasteiger partial charge < -0.3 is 9.64 Å². The van der Waals surface area contributed by atoms with Crippen LogP contribution in [0.5, 0.6) is 5.75 Å².